The Hall–Kier alpha value is -2.40. The molecule has 0 radical (unpaired) electrons. The number of nitrogens with one attached hydrogen (secondary N) is 1. The van der Waals surface area contributed by atoms with E-state index in [9.17, 15) is 4.79 Å². The van der Waals surface area contributed by atoms with Crippen LogP contribution in [0.4, 0.5) is 5.95 Å². The highest BCUT2D eigenvalue weighted by atomic mass is 32.2. The Morgan fingerprint density at radius 3 is 2.93 bits per heavy atom. The summed E-state index contributed by atoms with van der Waals surface area (Å²) >= 11 is 1.38. The molecule has 1 saturated heterocycles. The summed E-state index contributed by atoms with van der Waals surface area (Å²) in [6.07, 6.45) is 9.15. The molecule has 0 saturated carbocycles. The van der Waals surface area contributed by atoms with Gasteiger partial charge < -0.3 is 14.6 Å². The second kappa shape index (κ2) is 9.00. The molecule has 2 aromatic rings. The SMILES string of the molecule is C#CCNC(=O)C(C)Sc1nnc(N2CCC(C)CC2)n1Cc1ccco1. The van der Waals surface area contributed by atoms with Crippen molar-refractivity contribution in [2.45, 2.75) is 43.6 Å². The van der Waals surface area contributed by atoms with Crippen molar-refractivity contribution in [1.82, 2.24) is 20.1 Å². The van der Waals surface area contributed by atoms with Crippen molar-refractivity contribution in [3.8, 4) is 12.3 Å². The Bertz CT molecular complexity index is 788. The van der Waals surface area contributed by atoms with Crippen LogP contribution in [0.1, 0.15) is 32.4 Å². The summed E-state index contributed by atoms with van der Waals surface area (Å²) in [6, 6.07) is 3.80. The van der Waals surface area contributed by atoms with Gasteiger partial charge in [0.25, 0.3) is 0 Å². The summed E-state index contributed by atoms with van der Waals surface area (Å²) in [6.45, 7) is 6.79. The highest BCUT2D eigenvalue weighted by Crippen LogP contribution is 2.29. The van der Waals surface area contributed by atoms with Gasteiger partial charge in [0.05, 0.1) is 24.6 Å². The smallest absolute Gasteiger partial charge is 0.234 e. The van der Waals surface area contributed by atoms with Crippen LogP contribution in [-0.4, -0.2) is 45.6 Å². The van der Waals surface area contributed by atoms with E-state index in [1.54, 1.807) is 6.26 Å². The van der Waals surface area contributed by atoms with Crippen LogP contribution < -0.4 is 10.2 Å². The minimum absolute atomic E-state index is 0.112. The maximum absolute atomic E-state index is 12.2. The molecular weight excluding hydrogens is 362 g/mol. The summed E-state index contributed by atoms with van der Waals surface area (Å²) in [5, 5.41) is 11.9. The van der Waals surface area contributed by atoms with Crippen molar-refractivity contribution >= 4 is 23.6 Å². The molecule has 144 valence electrons. The van der Waals surface area contributed by atoms with Gasteiger partial charge in [-0.1, -0.05) is 24.6 Å². The molecule has 1 unspecified atom stereocenters. The van der Waals surface area contributed by atoms with E-state index in [0.29, 0.717) is 11.7 Å². The van der Waals surface area contributed by atoms with E-state index >= 15 is 0 Å². The van der Waals surface area contributed by atoms with Crippen LogP contribution in [0.15, 0.2) is 28.0 Å². The average molecular weight is 388 g/mol. The van der Waals surface area contributed by atoms with Crippen LogP contribution in [0, 0.1) is 18.3 Å². The second-order valence-corrected chi connectivity index (χ2v) is 8.11. The summed E-state index contributed by atoms with van der Waals surface area (Å²) in [5.41, 5.74) is 0. The maximum atomic E-state index is 12.2. The molecule has 1 N–H and O–H groups in total. The van der Waals surface area contributed by atoms with Crippen molar-refractivity contribution in [3.05, 3.63) is 24.2 Å². The fourth-order valence-electron chi connectivity index (χ4n) is 3.00. The van der Waals surface area contributed by atoms with Gasteiger partial charge in [-0.2, -0.15) is 0 Å². The summed E-state index contributed by atoms with van der Waals surface area (Å²) in [4.78, 5) is 14.4. The lowest BCUT2D eigenvalue weighted by Gasteiger charge is -2.31. The van der Waals surface area contributed by atoms with E-state index in [0.717, 1.165) is 43.6 Å². The molecule has 0 aromatic carbocycles. The number of nitrogens with zero attached hydrogens (tertiary/aromatic N) is 4. The molecule has 27 heavy (non-hydrogen) atoms. The van der Waals surface area contributed by atoms with Gasteiger partial charge in [0.1, 0.15) is 5.76 Å². The molecular formula is C19H25N5O2S. The number of amides is 1. The summed E-state index contributed by atoms with van der Waals surface area (Å²) in [5.74, 6) is 4.69. The van der Waals surface area contributed by atoms with Crippen molar-refractivity contribution < 1.29 is 9.21 Å². The fraction of sp³-hybridized carbons (Fsp3) is 0.526. The second-order valence-electron chi connectivity index (χ2n) is 6.80. The number of carbonyl (C=O) groups excluding carboxylic acids is 1. The Labute approximate surface area is 163 Å². The van der Waals surface area contributed by atoms with Gasteiger partial charge in [-0.15, -0.1) is 16.6 Å². The summed E-state index contributed by atoms with van der Waals surface area (Å²) in [7, 11) is 0. The molecule has 1 fully saturated rings. The van der Waals surface area contributed by atoms with Crippen LogP contribution in [0.25, 0.3) is 0 Å². The first-order valence-electron chi connectivity index (χ1n) is 9.17. The van der Waals surface area contributed by atoms with E-state index in [4.69, 9.17) is 10.8 Å². The molecule has 1 aliphatic rings. The van der Waals surface area contributed by atoms with E-state index in [1.165, 1.54) is 11.8 Å². The van der Waals surface area contributed by atoms with Crippen LogP contribution in [0.3, 0.4) is 0 Å². The predicted molar refractivity (Wildman–Crippen MR) is 106 cm³/mol. The third-order valence-corrected chi connectivity index (χ3v) is 5.75. The van der Waals surface area contributed by atoms with Crippen molar-refractivity contribution in [2.24, 2.45) is 5.92 Å². The lowest BCUT2D eigenvalue weighted by molar-refractivity contribution is -0.120. The minimum Gasteiger partial charge on any atom is -0.467 e. The number of aromatic nitrogens is 3. The van der Waals surface area contributed by atoms with E-state index < -0.39 is 0 Å². The molecule has 2 aromatic heterocycles. The normalized spacial score (nSPS) is 16.1. The van der Waals surface area contributed by atoms with Gasteiger partial charge in [-0.3, -0.25) is 9.36 Å². The lowest BCUT2D eigenvalue weighted by Crippen LogP contribution is -2.35. The van der Waals surface area contributed by atoms with Gasteiger partial charge in [-0.05, 0) is 37.8 Å². The number of rotatable bonds is 7. The zero-order valence-electron chi connectivity index (χ0n) is 15.7. The molecule has 8 heteroatoms. The number of hydrogen-bond donors (Lipinski definition) is 1. The van der Waals surface area contributed by atoms with E-state index in [1.807, 2.05) is 23.6 Å². The molecule has 1 atom stereocenters. The van der Waals surface area contributed by atoms with Crippen molar-refractivity contribution in [1.29, 1.82) is 0 Å². The maximum Gasteiger partial charge on any atom is 0.234 e. The van der Waals surface area contributed by atoms with E-state index in [-0.39, 0.29) is 17.7 Å². The van der Waals surface area contributed by atoms with Crippen molar-refractivity contribution in [3.63, 3.8) is 0 Å². The Kier molecular flexibility index (Phi) is 6.45. The molecule has 1 amide bonds. The standard InChI is InChI=1S/C19H25N5O2S/c1-4-9-20-17(25)15(3)27-19-22-21-18(23-10-7-14(2)8-11-23)24(19)13-16-6-5-12-26-16/h1,5-6,12,14-15H,7-11,13H2,2-3H3,(H,20,25). The number of thioether (sulfide) groups is 1. The van der Waals surface area contributed by atoms with Crippen molar-refractivity contribution in [2.75, 3.05) is 24.5 Å². The number of piperidine rings is 1. The zero-order valence-corrected chi connectivity index (χ0v) is 16.5. The predicted octanol–water partition coefficient (Wildman–Crippen LogP) is 2.39. The third-order valence-electron chi connectivity index (χ3n) is 4.67. The highest BCUT2D eigenvalue weighted by Gasteiger charge is 2.25. The minimum atomic E-state index is -0.327. The third kappa shape index (κ3) is 4.86. The first kappa shape index (κ1) is 19.4. The van der Waals surface area contributed by atoms with Crippen LogP contribution in [0.2, 0.25) is 0 Å². The van der Waals surface area contributed by atoms with Gasteiger partial charge in [0.15, 0.2) is 5.16 Å². The number of anilines is 1. The van der Waals surface area contributed by atoms with Gasteiger partial charge in [-0.25, -0.2) is 0 Å². The molecule has 1 aliphatic heterocycles. The lowest BCUT2D eigenvalue weighted by atomic mass is 10.00. The quantitative estimate of drug-likeness (QED) is 0.581. The first-order valence-corrected chi connectivity index (χ1v) is 10.0. The molecule has 3 heterocycles. The summed E-state index contributed by atoms with van der Waals surface area (Å²) < 4.78 is 7.55. The Morgan fingerprint density at radius 2 is 2.26 bits per heavy atom. The zero-order chi connectivity index (χ0) is 19.2. The van der Waals surface area contributed by atoms with Crippen LogP contribution in [-0.2, 0) is 11.3 Å². The Morgan fingerprint density at radius 1 is 1.48 bits per heavy atom. The van der Waals surface area contributed by atoms with Crippen LogP contribution in [0.5, 0.6) is 0 Å². The van der Waals surface area contributed by atoms with Crippen LogP contribution >= 0.6 is 11.8 Å². The molecule has 3 rings (SSSR count). The Balaban J connectivity index is 1.80. The molecule has 7 nitrogen and oxygen atoms in total. The fourth-order valence-corrected chi connectivity index (χ4v) is 3.87. The topological polar surface area (TPSA) is 76.2 Å². The van der Waals surface area contributed by atoms with Gasteiger partial charge >= 0.3 is 0 Å². The number of carbonyl (C=O) groups is 1. The number of furan rings is 1. The molecule has 0 aliphatic carbocycles. The van der Waals surface area contributed by atoms with Gasteiger partial charge in [0.2, 0.25) is 11.9 Å². The number of hydrogen-bond acceptors (Lipinski definition) is 6. The molecule has 0 bridgehead atoms. The first-order chi connectivity index (χ1) is 13.1. The highest BCUT2D eigenvalue weighted by molar-refractivity contribution is 8.00. The van der Waals surface area contributed by atoms with Gasteiger partial charge in [0, 0.05) is 13.1 Å². The number of terminal acetylenes is 1. The molecule has 0 spiro atoms. The largest absolute Gasteiger partial charge is 0.467 e. The average Bonchev–Trinajstić information content (AvgIpc) is 3.31. The van der Waals surface area contributed by atoms with E-state index in [2.05, 4.69) is 33.3 Å². The monoisotopic (exact) mass is 387 g/mol.